The summed E-state index contributed by atoms with van der Waals surface area (Å²) in [5.74, 6) is 2.16. The van der Waals surface area contributed by atoms with Gasteiger partial charge >= 0.3 is 0 Å². The van der Waals surface area contributed by atoms with E-state index < -0.39 is 0 Å². The van der Waals surface area contributed by atoms with Crippen molar-refractivity contribution >= 4 is 29.9 Å². The van der Waals surface area contributed by atoms with Crippen LogP contribution in [0, 0.1) is 5.92 Å². The molecule has 1 aliphatic rings. The molecule has 0 saturated carbocycles. The number of phenols is 1. The third kappa shape index (κ3) is 7.73. The first-order valence-electron chi connectivity index (χ1n) is 9.65. The molecule has 0 bridgehead atoms. The van der Waals surface area contributed by atoms with Gasteiger partial charge in [-0.05, 0) is 31.7 Å². The summed E-state index contributed by atoms with van der Waals surface area (Å²) >= 11 is 0. The van der Waals surface area contributed by atoms with Crippen molar-refractivity contribution < 1.29 is 9.84 Å². The van der Waals surface area contributed by atoms with Gasteiger partial charge in [0.2, 0.25) is 0 Å². The van der Waals surface area contributed by atoms with Crippen LogP contribution < -0.4 is 15.4 Å². The lowest BCUT2D eigenvalue weighted by Crippen LogP contribution is -2.49. The van der Waals surface area contributed by atoms with Crippen LogP contribution in [0.3, 0.4) is 0 Å². The highest BCUT2D eigenvalue weighted by atomic mass is 127. The number of para-hydroxylation sites is 1. The van der Waals surface area contributed by atoms with Crippen molar-refractivity contribution in [3.05, 3.63) is 23.8 Å². The third-order valence-electron chi connectivity index (χ3n) is 4.61. The van der Waals surface area contributed by atoms with Gasteiger partial charge in [0.1, 0.15) is 0 Å². The molecule has 6 nitrogen and oxygen atoms in total. The van der Waals surface area contributed by atoms with Crippen LogP contribution >= 0.6 is 24.0 Å². The van der Waals surface area contributed by atoms with E-state index in [0.29, 0.717) is 24.3 Å². The zero-order valence-corrected chi connectivity index (χ0v) is 19.3. The van der Waals surface area contributed by atoms with Gasteiger partial charge in [-0.1, -0.05) is 26.0 Å². The molecule has 7 heteroatoms. The highest BCUT2D eigenvalue weighted by Crippen LogP contribution is 2.29. The molecule has 0 aliphatic carbocycles. The summed E-state index contributed by atoms with van der Waals surface area (Å²) in [4.78, 5) is 7.19. The number of rotatable bonds is 7. The Hall–Kier alpha value is -1.22. The number of aromatic hydroxyl groups is 1. The molecule has 154 valence electrons. The van der Waals surface area contributed by atoms with E-state index in [1.54, 1.807) is 13.2 Å². The Balaban J connectivity index is 0.00000364. The number of methoxy groups -OCH3 is 1. The first-order valence-corrected chi connectivity index (χ1v) is 9.65. The van der Waals surface area contributed by atoms with Gasteiger partial charge in [-0.2, -0.15) is 0 Å². The number of halogens is 1. The van der Waals surface area contributed by atoms with E-state index in [-0.39, 0.29) is 29.7 Å². The Morgan fingerprint density at radius 1 is 1.33 bits per heavy atom. The summed E-state index contributed by atoms with van der Waals surface area (Å²) in [6.07, 6.45) is 2.25. The monoisotopic (exact) mass is 490 g/mol. The van der Waals surface area contributed by atoms with Gasteiger partial charge in [0, 0.05) is 37.8 Å². The Morgan fingerprint density at radius 2 is 2.04 bits per heavy atom. The Kier molecular flexibility index (Phi) is 10.8. The number of aliphatic imine (C=N–C) groups is 1. The molecule has 0 aromatic heterocycles. The Labute approximate surface area is 180 Å². The van der Waals surface area contributed by atoms with E-state index >= 15 is 0 Å². The average Bonchev–Trinajstić information content (AvgIpc) is 2.62. The van der Waals surface area contributed by atoms with Crippen LogP contribution in [0.1, 0.15) is 39.2 Å². The number of guanidine groups is 1. The van der Waals surface area contributed by atoms with Crippen molar-refractivity contribution in [1.82, 2.24) is 15.5 Å². The Bertz CT molecular complexity index is 587. The van der Waals surface area contributed by atoms with Crippen LogP contribution in [0.15, 0.2) is 23.2 Å². The minimum Gasteiger partial charge on any atom is -0.504 e. The van der Waals surface area contributed by atoms with Crippen molar-refractivity contribution in [2.45, 2.75) is 46.2 Å². The lowest BCUT2D eigenvalue weighted by molar-refractivity contribution is 0.187. The van der Waals surface area contributed by atoms with E-state index in [1.807, 2.05) is 12.1 Å². The predicted molar refractivity (Wildman–Crippen MR) is 122 cm³/mol. The molecule has 0 unspecified atom stereocenters. The molecule has 3 N–H and O–H groups in total. The standard InChI is InChI=1S/C20H34N4O2.HI/c1-5-21-20(22-13-16-7-6-8-18(26-4)19(16)25)23-17-9-11-24(12-10-17)14-15(2)3;/h6-8,15,17,25H,5,9-14H2,1-4H3,(H2,21,22,23);1H. The normalized spacial score (nSPS) is 16.1. The summed E-state index contributed by atoms with van der Waals surface area (Å²) in [5.41, 5.74) is 0.758. The predicted octanol–water partition coefficient (Wildman–Crippen LogP) is 3.19. The molecule has 2 rings (SSSR count). The fourth-order valence-electron chi connectivity index (χ4n) is 3.31. The molecule has 0 radical (unpaired) electrons. The molecule has 1 saturated heterocycles. The van der Waals surface area contributed by atoms with Crippen LogP contribution in [0.5, 0.6) is 11.5 Å². The third-order valence-corrected chi connectivity index (χ3v) is 4.61. The number of benzene rings is 1. The Morgan fingerprint density at radius 3 is 2.63 bits per heavy atom. The molecule has 1 fully saturated rings. The molecule has 1 heterocycles. The maximum Gasteiger partial charge on any atom is 0.191 e. The summed E-state index contributed by atoms with van der Waals surface area (Å²) in [7, 11) is 1.55. The van der Waals surface area contributed by atoms with Crippen LogP contribution in [0.4, 0.5) is 0 Å². The van der Waals surface area contributed by atoms with Crippen molar-refractivity contribution in [3.8, 4) is 11.5 Å². The zero-order chi connectivity index (χ0) is 18.9. The topological polar surface area (TPSA) is 69.1 Å². The molecule has 0 atom stereocenters. The van der Waals surface area contributed by atoms with E-state index in [9.17, 15) is 5.11 Å². The lowest BCUT2D eigenvalue weighted by atomic mass is 10.0. The number of ether oxygens (including phenoxy) is 1. The maximum atomic E-state index is 10.2. The van der Waals surface area contributed by atoms with E-state index in [4.69, 9.17) is 4.74 Å². The number of hydrogen-bond donors (Lipinski definition) is 3. The second kappa shape index (κ2) is 12.3. The number of nitrogens with one attached hydrogen (secondary N) is 2. The fourth-order valence-corrected chi connectivity index (χ4v) is 3.31. The zero-order valence-electron chi connectivity index (χ0n) is 17.0. The lowest BCUT2D eigenvalue weighted by Gasteiger charge is -2.34. The molecule has 1 aromatic rings. The van der Waals surface area contributed by atoms with E-state index in [2.05, 4.69) is 41.3 Å². The number of likely N-dealkylation sites (tertiary alicyclic amines) is 1. The summed E-state index contributed by atoms with van der Waals surface area (Å²) in [5, 5.41) is 17.1. The number of nitrogens with zero attached hydrogens (tertiary/aromatic N) is 2. The van der Waals surface area contributed by atoms with E-state index in [1.165, 1.54) is 6.54 Å². The smallest absolute Gasteiger partial charge is 0.191 e. The summed E-state index contributed by atoms with van der Waals surface area (Å²) in [6, 6.07) is 5.93. The van der Waals surface area contributed by atoms with Gasteiger partial charge in [-0.25, -0.2) is 4.99 Å². The van der Waals surface area contributed by atoms with Gasteiger partial charge in [0.25, 0.3) is 0 Å². The van der Waals surface area contributed by atoms with Gasteiger partial charge in [-0.3, -0.25) is 0 Å². The highest BCUT2D eigenvalue weighted by molar-refractivity contribution is 14.0. The minimum absolute atomic E-state index is 0. The van der Waals surface area contributed by atoms with Gasteiger partial charge in [0.05, 0.1) is 13.7 Å². The summed E-state index contributed by atoms with van der Waals surface area (Å²) < 4.78 is 5.16. The van der Waals surface area contributed by atoms with Crippen molar-refractivity contribution in [1.29, 1.82) is 0 Å². The maximum absolute atomic E-state index is 10.2. The van der Waals surface area contributed by atoms with Crippen LogP contribution in [0.2, 0.25) is 0 Å². The highest BCUT2D eigenvalue weighted by Gasteiger charge is 2.20. The van der Waals surface area contributed by atoms with Crippen molar-refractivity contribution in [3.63, 3.8) is 0 Å². The average molecular weight is 490 g/mol. The molecule has 1 aromatic carbocycles. The second-order valence-corrected chi connectivity index (χ2v) is 7.28. The SMILES string of the molecule is CCNC(=NCc1cccc(OC)c1O)NC1CCN(CC(C)C)CC1.I. The van der Waals surface area contributed by atoms with Gasteiger partial charge in [-0.15, -0.1) is 24.0 Å². The van der Waals surface area contributed by atoms with Crippen LogP contribution in [-0.2, 0) is 6.54 Å². The first kappa shape index (κ1) is 23.8. The fraction of sp³-hybridized carbons (Fsp3) is 0.650. The van der Waals surface area contributed by atoms with Gasteiger partial charge in [0.15, 0.2) is 17.5 Å². The molecule has 0 spiro atoms. The second-order valence-electron chi connectivity index (χ2n) is 7.28. The summed E-state index contributed by atoms with van der Waals surface area (Å²) in [6.45, 7) is 11.3. The molecule has 1 aliphatic heterocycles. The van der Waals surface area contributed by atoms with Crippen molar-refractivity contribution in [2.75, 3.05) is 33.3 Å². The van der Waals surface area contributed by atoms with Gasteiger partial charge < -0.3 is 25.4 Å². The largest absolute Gasteiger partial charge is 0.504 e. The number of hydrogen-bond acceptors (Lipinski definition) is 4. The molecule has 0 amide bonds. The number of piperidine rings is 1. The van der Waals surface area contributed by atoms with Crippen LogP contribution in [0.25, 0.3) is 0 Å². The minimum atomic E-state index is 0. The van der Waals surface area contributed by atoms with Crippen molar-refractivity contribution in [2.24, 2.45) is 10.9 Å². The molecular formula is C20H35IN4O2. The van der Waals surface area contributed by atoms with E-state index in [0.717, 1.165) is 44.0 Å². The number of phenolic OH excluding ortho intramolecular Hbond substituents is 1. The quantitative estimate of drug-likeness (QED) is 0.311. The van der Waals surface area contributed by atoms with Crippen LogP contribution in [-0.4, -0.2) is 55.3 Å². The molecular weight excluding hydrogens is 455 g/mol. The molecule has 27 heavy (non-hydrogen) atoms. The first-order chi connectivity index (χ1) is 12.5.